The van der Waals surface area contributed by atoms with Crippen LogP contribution in [0.1, 0.15) is 71.2 Å². The molecule has 1 aromatic heterocycles. The maximum absolute atomic E-state index is 13.6. The number of ether oxygens (including phenoxy) is 1. The van der Waals surface area contributed by atoms with Crippen molar-refractivity contribution in [3.05, 3.63) is 67.5 Å². The van der Waals surface area contributed by atoms with E-state index in [2.05, 4.69) is 0 Å². The first-order valence-electron chi connectivity index (χ1n) is 11.8. The molecule has 0 bridgehead atoms. The Labute approximate surface area is 202 Å². The van der Waals surface area contributed by atoms with Gasteiger partial charge >= 0.3 is 23.9 Å². The number of carbonyl (C=O) groups excluding carboxylic acids is 1. The van der Waals surface area contributed by atoms with Crippen molar-refractivity contribution in [2.45, 2.75) is 62.8 Å². The summed E-state index contributed by atoms with van der Waals surface area (Å²) >= 11 is 0. The van der Waals surface area contributed by atoms with Gasteiger partial charge in [-0.25, -0.2) is 14.4 Å². The third-order valence-electron chi connectivity index (χ3n) is 7.52. The van der Waals surface area contributed by atoms with E-state index in [1.165, 1.54) is 16.7 Å². The average Bonchev–Trinajstić information content (AvgIpc) is 3.45. The molecule has 1 N–H and O–H groups in total. The van der Waals surface area contributed by atoms with Crippen LogP contribution in [0.4, 0.5) is 18.0 Å². The number of rotatable bonds is 4. The van der Waals surface area contributed by atoms with E-state index in [9.17, 15) is 37.5 Å². The summed E-state index contributed by atoms with van der Waals surface area (Å²) in [5.74, 6) is -1.52. The second-order valence-corrected chi connectivity index (χ2v) is 9.41. The van der Waals surface area contributed by atoms with Crippen molar-refractivity contribution in [1.82, 2.24) is 14.0 Å². The van der Waals surface area contributed by atoms with Crippen LogP contribution in [0.2, 0.25) is 0 Å². The van der Waals surface area contributed by atoms with Gasteiger partial charge in [0.2, 0.25) is 0 Å². The normalized spacial score (nSPS) is 24.0. The monoisotopic (exact) mass is 507 g/mol. The molecule has 1 aromatic carbocycles. The molecule has 1 amide bonds. The Morgan fingerprint density at radius 1 is 1.03 bits per heavy atom. The Bertz CT molecular complexity index is 1340. The van der Waals surface area contributed by atoms with Gasteiger partial charge in [0.05, 0.1) is 18.2 Å². The summed E-state index contributed by atoms with van der Waals surface area (Å²) in [5, 5.41) is 9.67. The van der Waals surface area contributed by atoms with Gasteiger partial charge in [0.25, 0.3) is 5.56 Å². The number of cyclic esters (lactones) is 1. The van der Waals surface area contributed by atoms with Crippen molar-refractivity contribution < 1.29 is 32.6 Å². The lowest BCUT2D eigenvalue weighted by atomic mass is 9.90. The summed E-state index contributed by atoms with van der Waals surface area (Å²) in [5.41, 5.74) is -2.98. The lowest BCUT2D eigenvalue weighted by Gasteiger charge is -2.34. The van der Waals surface area contributed by atoms with Crippen LogP contribution in [0.25, 0.3) is 0 Å². The fraction of sp³-hybridized carbons (Fsp3) is 0.500. The standard InChI is InChI=1S/C24H24F3N3O6/c25-24(26,27)18-3-1-2-16-15(18)8-9-19(16)30-20(31)17(21(32)33)12-29(22(30)34)14-6-4-13(5-7-14)28-10-11-36-23(28)35/h1-3,12-14,19H,4-11H2,(H,32,33)/t13-,14-,19-/m1/s1. The van der Waals surface area contributed by atoms with Crippen LogP contribution in [0.5, 0.6) is 0 Å². The Balaban J connectivity index is 1.53. The van der Waals surface area contributed by atoms with E-state index in [0.717, 1.165) is 16.8 Å². The summed E-state index contributed by atoms with van der Waals surface area (Å²) in [4.78, 5) is 52.1. The lowest BCUT2D eigenvalue weighted by molar-refractivity contribution is -0.138. The largest absolute Gasteiger partial charge is 0.477 e. The molecule has 1 saturated carbocycles. The van der Waals surface area contributed by atoms with E-state index in [1.54, 1.807) is 4.90 Å². The van der Waals surface area contributed by atoms with Gasteiger partial charge in [-0.1, -0.05) is 12.1 Å². The first-order valence-corrected chi connectivity index (χ1v) is 11.8. The SMILES string of the molecule is O=C(O)c1cn([C@H]2CC[C@H](N3CCOC3=O)CC2)c(=O)n([C@@H]2CCc3c2cccc3C(F)(F)F)c1=O. The van der Waals surface area contributed by atoms with Crippen LogP contribution in [0.3, 0.4) is 0 Å². The van der Waals surface area contributed by atoms with Crippen molar-refractivity contribution in [2.24, 2.45) is 0 Å². The molecule has 1 aliphatic heterocycles. The number of aromatic carboxylic acids is 1. The molecular formula is C24H24F3N3O6. The molecule has 2 aliphatic carbocycles. The number of aromatic nitrogens is 2. The topological polar surface area (TPSA) is 111 Å². The Morgan fingerprint density at radius 3 is 2.33 bits per heavy atom. The van der Waals surface area contributed by atoms with E-state index < -0.39 is 46.6 Å². The summed E-state index contributed by atoms with van der Waals surface area (Å²) in [6, 6.07) is 2.18. The zero-order chi connectivity index (χ0) is 25.8. The second kappa shape index (κ2) is 8.82. The van der Waals surface area contributed by atoms with Crippen molar-refractivity contribution >= 4 is 12.1 Å². The van der Waals surface area contributed by atoms with Gasteiger partial charge in [-0.05, 0) is 55.7 Å². The fourth-order valence-electron chi connectivity index (χ4n) is 5.83. The van der Waals surface area contributed by atoms with E-state index >= 15 is 0 Å². The summed E-state index contributed by atoms with van der Waals surface area (Å²) in [7, 11) is 0. The number of carbonyl (C=O) groups is 2. The molecule has 0 radical (unpaired) electrons. The average molecular weight is 507 g/mol. The number of carboxylic acid groups (broad SMARTS) is 1. The third-order valence-corrected chi connectivity index (χ3v) is 7.52. The van der Waals surface area contributed by atoms with Gasteiger partial charge in [0.1, 0.15) is 12.2 Å². The van der Waals surface area contributed by atoms with Crippen LogP contribution in [0.15, 0.2) is 34.0 Å². The predicted molar refractivity (Wildman–Crippen MR) is 119 cm³/mol. The molecule has 5 rings (SSSR count). The fourth-order valence-corrected chi connectivity index (χ4v) is 5.83. The second-order valence-electron chi connectivity index (χ2n) is 9.41. The van der Waals surface area contributed by atoms with E-state index in [1.807, 2.05) is 0 Å². The highest BCUT2D eigenvalue weighted by atomic mass is 19.4. The molecule has 2 heterocycles. The van der Waals surface area contributed by atoms with Gasteiger partial charge in [-0.15, -0.1) is 0 Å². The van der Waals surface area contributed by atoms with E-state index in [0.29, 0.717) is 38.8 Å². The molecule has 0 spiro atoms. The van der Waals surface area contributed by atoms with Gasteiger partial charge < -0.3 is 14.7 Å². The third kappa shape index (κ3) is 3.97. The first-order chi connectivity index (χ1) is 17.1. The minimum absolute atomic E-state index is 0.00983. The van der Waals surface area contributed by atoms with Gasteiger partial charge in [-0.3, -0.25) is 13.9 Å². The number of nitrogens with zero attached hydrogens (tertiary/aromatic N) is 3. The number of amides is 1. The molecule has 0 unspecified atom stereocenters. The van der Waals surface area contributed by atoms with Gasteiger partial charge in [0.15, 0.2) is 0 Å². The zero-order valence-electron chi connectivity index (χ0n) is 19.2. The van der Waals surface area contributed by atoms with Crippen LogP contribution >= 0.6 is 0 Å². The smallest absolute Gasteiger partial charge is 0.416 e. The zero-order valence-corrected chi connectivity index (χ0v) is 19.2. The maximum Gasteiger partial charge on any atom is 0.416 e. The molecule has 12 heteroatoms. The Hall–Kier alpha value is -3.57. The van der Waals surface area contributed by atoms with Gasteiger partial charge in [0, 0.05) is 18.3 Å². The van der Waals surface area contributed by atoms with Crippen molar-refractivity contribution in [2.75, 3.05) is 13.2 Å². The summed E-state index contributed by atoms with van der Waals surface area (Å²) in [6.45, 7) is 0.813. The minimum atomic E-state index is -4.59. The van der Waals surface area contributed by atoms with Crippen LogP contribution < -0.4 is 11.2 Å². The molecular weight excluding hydrogens is 483 g/mol. The highest BCUT2D eigenvalue weighted by molar-refractivity contribution is 5.86. The Morgan fingerprint density at radius 2 is 1.72 bits per heavy atom. The van der Waals surface area contributed by atoms with Crippen molar-refractivity contribution in [3.8, 4) is 0 Å². The highest BCUT2D eigenvalue weighted by Gasteiger charge is 2.39. The number of halogens is 3. The lowest BCUT2D eigenvalue weighted by Crippen LogP contribution is -2.46. The number of carboxylic acids is 1. The number of alkyl halides is 3. The summed E-state index contributed by atoms with van der Waals surface area (Å²) < 4.78 is 47.6. The van der Waals surface area contributed by atoms with Crippen LogP contribution in [-0.4, -0.2) is 50.4 Å². The highest BCUT2D eigenvalue weighted by Crippen LogP contribution is 2.41. The molecule has 192 valence electrons. The number of fused-ring (bicyclic) bond motifs is 1. The minimum Gasteiger partial charge on any atom is -0.477 e. The summed E-state index contributed by atoms with van der Waals surface area (Å²) in [6.07, 6.45) is -1.79. The van der Waals surface area contributed by atoms with E-state index in [-0.39, 0.29) is 36.1 Å². The molecule has 2 fully saturated rings. The molecule has 36 heavy (non-hydrogen) atoms. The molecule has 1 saturated heterocycles. The number of hydrogen-bond acceptors (Lipinski definition) is 5. The Kier molecular flexibility index (Phi) is 5.92. The molecule has 3 aliphatic rings. The quantitative estimate of drug-likeness (QED) is 0.681. The predicted octanol–water partition coefficient (Wildman–Crippen LogP) is 3.20. The van der Waals surface area contributed by atoms with Crippen LogP contribution in [-0.2, 0) is 17.3 Å². The first kappa shape index (κ1) is 24.1. The molecule has 2 aromatic rings. The number of benzene rings is 1. The van der Waals surface area contributed by atoms with Crippen LogP contribution in [0, 0.1) is 0 Å². The van der Waals surface area contributed by atoms with Gasteiger partial charge in [-0.2, -0.15) is 13.2 Å². The van der Waals surface area contributed by atoms with E-state index in [4.69, 9.17) is 4.74 Å². The molecule has 9 nitrogen and oxygen atoms in total. The molecule has 1 atom stereocenters. The maximum atomic E-state index is 13.6. The van der Waals surface area contributed by atoms with Crippen molar-refractivity contribution in [1.29, 1.82) is 0 Å². The number of hydrogen-bond donors (Lipinski definition) is 1. The van der Waals surface area contributed by atoms with Crippen molar-refractivity contribution in [3.63, 3.8) is 0 Å².